The highest BCUT2D eigenvalue weighted by Crippen LogP contribution is 2.34. The molecule has 0 aliphatic carbocycles. The Labute approximate surface area is 244 Å². The summed E-state index contributed by atoms with van der Waals surface area (Å²) in [6.07, 6.45) is 3.45. The van der Waals surface area contributed by atoms with Gasteiger partial charge in [-0.2, -0.15) is 0 Å². The highest BCUT2D eigenvalue weighted by Gasteiger charge is 2.29. The van der Waals surface area contributed by atoms with Gasteiger partial charge in [0.15, 0.2) is 5.69 Å². The second-order valence-electron chi connectivity index (χ2n) is 10.7. The standard InChI is InChI=1S/C33H34N4O5/c1-33(2,40)16-15-22-11-13-23(14-12-22)19-34-25-18-27-28(36-31(38)24-8-5-4-6-9-24)29(32(39)41-3)37(30(27)35-20-25)21-26-10-7-17-42-26/h4-6,8-9,11-14,18,20,26,34,40H,7,10,17,19,21H2,1-3H3,(H,36,38)/t26-/m0/s1. The van der Waals surface area contributed by atoms with Crippen LogP contribution in [0.3, 0.4) is 0 Å². The molecule has 0 spiro atoms. The fourth-order valence-corrected chi connectivity index (χ4v) is 4.84. The zero-order valence-corrected chi connectivity index (χ0v) is 23.9. The topological polar surface area (TPSA) is 115 Å². The van der Waals surface area contributed by atoms with E-state index in [9.17, 15) is 14.7 Å². The number of anilines is 2. The van der Waals surface area contributed by atoms with Crippen molar-refractivity contribution in [1.82, 2.24) is 9.55 Å². The van der Waals surface area contributed by atoms with Crippen molar-refractivity contribution in [2.24, 2.45) is 0 Å². The summed E-state index contributed by atoms with van der Waals surface area (Å²) in [4.78, 5) is 31.1. The predicted molar refractivity (Wildman–Crippen MR) is 161 cm³/mol. The Bertz CT molecular complexity index is 1640. The number of amides is 1. The second-order valence-corrected chi connectivity index (χ2v) is 10.7. The molecule has 216 valence electrons. The van der Waals surface area contributed by atoms with Gasteiger partial charge in [0.05, 0.1) is 37.3 Å². The first-order valence-corrected chi connectivity index (χ1v) is 13.9. The molecule has 3 N–H and O–H groups in total. The molecule has 0 unspecified atom stereocenters. The van der Waals surface area contributed by atoms with Gasteiger partial charge in [0, 0.05) is 29.7 Å². The van der Waals surface area contributed by atoms with Gasteiger partial charge < -0.3 is 29.8 Å². The van der Waals surface area contributed by atoms with Gasteiger partial charge in [-0.3, -0.25) is 4.79 Å². The molecule has 4 aromatic rings. The molecular formula is C33H34N4O5. The van der Waals surface area contributed by atoms with Crippen LogP contribution in [0.25, 0.3) is 11.0 Å². The summed E-state index contributed by atoms with van der Waals surface area (Å²) in [5.74, 6) is 4.87. The number of esters is 1. The molecule has 1 saturated heterocycles. The van der Waals surface area contributed by atoms with Gasteiger partial charge >= 0.3 is 5.97 Å². The largest absolute Gasteiger partial charge is 0.464 e. The third-order valence-corrected chi connectivity index (χ3v) is 6.93. The van der Waals surface area contributed by atoms with E-state index in [0.717, 1.165) is 24.0 Å². The van der Waals surface area contributed by atoms with Gasteiger partial charge in [-0.1, -0.05) is 42.2 Å². The van der Waals surface area contributed by atoms with E-state index in [1.165, 1.54) is 7.11 Å². The van der Waals surface area contributed by atoms with Crippen LogP contribution in [-0.2, 0) is 22.6 Å². The summed E-state index contributed by atoms with van der Waals surface area (Å²) in [7, 11) is 1.32. The number of hydrogen-bond donors (Lipinski definition) is 3. The van der Waals surface area contributed by atoms with Crippen LogP contribution in [0.15, 0.2) is 66.9 Å². The number of benzene rings is 2. The van der Waals surface area contributed by atoms with Crippen molar-refractivity contribution in [3.63, 3.8) is 0 Å². The summed E-state index contributed by atoms with van der Waals surface area (Å²) in [6.45, 7) is 4.88. The quantitative estimate of drug-likeness (QED) is 0.203. The Morgan fingerprint density at radius 3 is 2.60 bits per heavy atom. The number of fused-ring (bicyclic) bond motifs is 1. The number of ether oxygens (including phenoxy) is 2. The lowest BCUT2D eigenvalue weighted by molar-refractivity contribution is 0.0580. The van der Waals surface area contributed by atoms with E-state index < -0.39 is 11.6 Å². The molecule has 0 radical (unpaired) electrons. The summed E-state index contributed by atoms with van der Waals surface area (Å²) in [5, 5.41) is 16.8. The molecule has 2 aromatic carbocycles. The fourth-order valence-electron chi connectivity index (χ4n) is 4.84. The zero-order valence-electron chi connectivity index (χ0n) is 23.9. The maximum Gasteiger partial charge on any atom is 0.356 e. The van der Waals surface area contributed by atoms with Crippen molar-refractivity contribution in [2.45, 2.75) is 51.5 Å². The van der Waals surface area contributed by atoms with Crippen LogP contribution in [0.2, 0.25) is 0 Å². The predicted octanol–water partition coefficient (Wildman–Crippen LogP) is 4.99. The van der Waals surface area contributed by atoms with Gasteiger partial charge in [-0.05, 0) is 62.6 Å². The van der Waals surface area contributed by atoms with Crippen LogP contribution in [0.5, 0.6) is 0 Å². The van der Waals surface area contributed by atoms with E-state index in [1.807, 2.05) is 36.4 Å². The van der Waals surface area contributed by atoms with E-state index >= 15 is 0 Å². The molecular weight excluding hydrogens is 532 g/mol. The summed E-state index contributed by atoms with van der Waals surface area (Å²) in [5.41, 5.74) is 3.07. The maximum atomic E-state index is 13.2. The van der Waals surface area contributed by atoms with Crippen molar-refractivity contribution in [1.29, 1.82) is 0 Å². The molecule has 0 bridgehead atoms. The first kappa shape index (κ1) is 28.9. The summed E-state index contributed by atoms with van der Waals surface area (Å²) >= 11 is 0. The highest BCUT2D eigenvalue weighted by molar-refractivity contribution is 6.14. The molecule has 1 fully saturated rings. The van der Waals surface area contributed by atoms with Gasteiger partial charge in [-0.15, -0.1) is 0 Å². The number of methoxy groups -OCH3 is 1. The zero-order chi connectivity index (χ0) is 29.7. The molecule has 1 aliphatic heterocycles. The normalized spacial score (nSPS) is 14.7. The lowest BCUT2D eigenvalue weighted by Gasteiger charge is -2.14. The molecule has 1 atom stereocenters. The third kappa shape index (κ3) is 6.79. The van der Waals surface area contributed by atoms with Gasteiger partial charge in [0.1, 0.15) is 11.2 Å². The van der Waals surface area contributed by atoms with E-state index in [-0.39, 0.29) is 17.7 Å². The molecule has 3 heterocycles. The van der Waals surface area contributed by atoms with Crippen LogP contribution in [-0.4, -0.2) is 52.0 Å². The number of nitrogens with one attached hydrogen (secondary N) is 2. The minimum atomic E-state index is -1.05. The number of nitrogens with zero attached hydrogens (tertiary/aromatic N) is 2. The lowest BCUT2D eigenvalue weighted by Crippen LogP contribution is -2.21. The van der Waals surface area contributed by atoms with Gasteiger partial charge in [0.25, 0.3) is 5.91 Å². The molecule has 5 rings (SSSR count). The number of aromatic nitrogens is 2. The van der Waals surface area contributed by atoms with Crippen molar-refractivity contribution < 1.29 is 24.2 Å². The monoisotopic (exact) mass is 566 g/mol. The molecule has 9 nitrogen and oxygen atoms in total. The number of carbonyl (C=O) groups excluding carboxylic acids is 2. The molecule has 1 aliphatic rings. The Hall–Kier alpha value is -4.65. The molecule has 2 aromatic heterocycles. The average Bonchev–Trinajstić information content (AvgIpc) is 3.61. The third-order valence-electron chi connectivity index (χ3n) is 6.93. The number of hydrogen-bond acceptors (Lipinski definition) is 7. The van der Waals surface area contributed by atoms with Gasteiger partial charge in [-0.25, -0.2) is 9.78 Å². The Morgan fingerprint density at radius 2 is 1.93 bits per heavy atom. The van der Waals surface area contributed by atoms with E-state index in [0.29, 0.717) is 47.7 Å². The first-order valence-electron chi connectivity index (χ1n) is 13.9. The van der Waals surface area contributed by atoms with Crippen molar-refractivity contribution in [3.05, 3.63) is 89.2 Å². The Morgan fingerprint density at radius 1 is 1.17 bits per heavy atom. The molecule has 1 amide bonds. The van der Waals surface area contributed by atoms with Crippen molar-refractivity contribution >= 4 is 34.3 Å². The summed E-state index contributed by atoms with van der Waals surface area (Å²) < 4.78 is 12.8. The van der Waals surface area contributed by atoms with E-state index in [1.54, 1.807) is 48.9 Å². The van der Waals surface area contributed by atoms with Crippen LogP contribution in [0.4, 0.5) is 11.4 Å². The molecule has 9 heteroatoms. The van der Waals surface area contributed by atoms with E-state index in [2.05, 4.69) is 22.5 Å². The lowest BCUT2D eigenvalue weighted by atomic mass is 10.1. The molecule has 42 heavy (non-hydrogen) atoms. The minimum Gasteiger partial charge on any atom is -0.464 e. The summed E-state index contributed by atoms with van der Waals surface area (Å²) in [6, 6.07) is 18.5. The number of carbonyl (C=O) groups is 2. The SMILES string of the molecule is COC(=O)c1c(NC(=O)c2ccccc2)c2cc(NCc3ccc(C#CC(C)(C)O)cc3)cnc2n1C[C@@H]1CCCO1. The average molecular weight is 567 g/mol. The number of pyridine rings is 1. The van der Waals surface area contributed by atoms with E-state index in [4.69, 9.17) is 14.5 Å². The Kier molecular flexibility index (Phi) is 8.57. The fraction of sp³-hybridized carbons (Fsp3) is 0.303. The van der Waals surface area contributed by atoms with Crippen LogP contribution in [0.1, 0.15) is 58.7 Å². The minimum absolute atomic E-state index is 0.0719. The Balaban J connectivity index is 1.48. The second kappa shape index (κ2) is 12.5. The van der Waals surface area contributed by atoms with Gasteiger partial charge in [0.2, 0.25) is 0 Å². The highest BCUT2D eigenvalue weighted by atomic mass is 16.5. The van der Waals surface area contributed by atoms with Crippen LogP contribution in [0, 0.1) is 11.8 Å². The maximum absolute atomic E-state index is 13.2. The molecule has 0 saturated carbocycles. The van der Waals surface area contributed by atoms with Crippen molar-refractivity contribution in [2.75, 3.05) is 24.4 Å². The number of aliphatic hydroxyl groups is 1. The van der Waals surface area contributed by atoms with Crippen molar-refractivity contribution in [3.8, 4) is 11.8 Å². The van der Waals surface area contributed by atoms with Crippen LogP contribution < -0.4 is 10.6 Å². The van der Waals surface area contributed by atoms with Crippen LogP contribution >= 0.6 is 0 Å². The first-order chi connectivity index (χ1) is 20.2. The smallest absolute Gasteiger partial charge is 0.356 e. The number of rotatable bonds is 8.